The fourth-order valence-corrected chi connectivity index (χ4v) is 2.23. The summed E-state index contributed by atoms with van der Waals surface area (Å²) in [4.78, 5) is 0. The lowest BCUT2D eigenvalue weighted by molar-refractivity contribution is 0.197. The minimum Gasteiger partial charge on any atom is -0.493 e. The van der Waals surface area contributed by atoms with Gasteiger partial charge < -0.3 is 19.3 Å². The summed E-state index contributed by atoms with van der Waals surface area (Å²) in [7, 11) is 4.61. The zero-order chi connectivity index (χ0) is 12.3. The van der Waals surface area contributed by atoms with Gasteiger partial charge in [0.15, 0.2) is 11.5 Å². The average molecular weight is 291 g/mol. The summed E-state index contributed by atoms with van der Waals surface area (Å²) >= 11 is 3.38. The second kappa shape index (κ2) is 5.41. The maximum absolute atomic E-state index is 9.63. The number of benzene rings is 1. The fraction of sp³-hybridized carbons (Fsp3) is 0.455. The van der Waals surface area contributed by atoms with Gasteiger partial charge in [-0.3, -0.25) is 0 Å². The first-order valence-corrected chi connectivity index (χ1v) is 5.52. The first-order valence-electron chi connectivity index (χ1n) is 4.73. The van der Waals surface area contributed by atoms with Crippen molar-refractivity contribution in [2.75, 3.05) is 21.3 Å². The molecule has 1 aromatic carbocycles. The Morgan fingerprint density at radius 1 is 1.12 bits per heavy atom. The molecule has 0 radical (unpaired) electrons. The van der Waals surface area contributed by atoms with Gasteiger partial charge in [0, 0.05) is 5.56 Å². The van der Waals surface area contributed by atoms with E-state index in [0.717, 1.165) is 0 Å². The number of ether oxygens (including phenoxy) is 3. The Labute approximate surface area is 103 Å². The highest BCUT2D eigenvalue weighted by Gasteiger charge is 2.20. The van der Waals surface area contributed by atoms with Crippen molar-refractivity contribution >= 4 is 15.9 Å². The second-order valence-electron chi connectivity index (χ2n) is 3.22. The molecule has 5 heteroatoms. The maximum atomic E-state index is 9.63. The minimum absolute atomic E-state index is 0.501. The van der Waals surface area contributed by atoms with Gasteiger partial charge in [0.2, 0.25) is 5.75 Å². The Hall–Kier alpha value is -0.940. The van der Waals surface area contributed by atoms with E-state index in [-0.39, 0.29) is 0 Å². The highest BCUT2D eigenvalue weighted by Crippen LogP contribution is 2.46. The molecule has 1 rings (SSSR count). The van der Waals surface area contributed by atoms with Gasteiger partial charge in [0.05, 0.1) is 31.9 Å². The van der Waals surface area contributed by atoms with E-state index in [1.54, 1.807) is 13.0 Å². The molecule has 4 nitrogen and oxygen atoms in total. The van der Waals surface area contributed by atoms with Crippen molar-refractivity contribution in [3.63, 3.8) is 0 Å². The molecule has 0 saturated heterocycles. The summed E-state index contributed by atoms with van der Waals surface area (Å²) in [6, 6.07) is 1.72. The van der Waals surface area contributed by atoms with E-state index in [4.69, 9.17) is 14.2 Å². The van der Waals surface area contributed by atoms with Crippen LogP contribution in [-0.4, -0.2) is 26.4 Å². The van der Waals surface area contributed by atoms with E-state index in [1.165, 1.54) is 21.3 Å². The summed E-state index contributed by atoms with van der Waals surface area (Å²) in [6.07, 6.45) is -0.622. The van der Waals surface area contributed by atoms with Gasteiger partial charge in [-0.15, -0.1) is 0 Å². The molecule has 90 valence electrons. The molecule has 0 amide bonds. The lowest BCUT2D eigenvalue weighted by Gasteiger charge is -2.17. The average Bonchev–Trinajstić information content (AvgIpc) is 2.27. The number of hydrogen-bond donors (Lipinski definition) is 1. The molecule has 1 N–H and O–H groups in total. The van der Waals surface area contributed by atoms with E-state index in [0.29, 0.717) is 27.3 Å². The summed E-state index contributed by atoms with van der Waals surface area (Å²) in [6.45, 7) is 1.67. The highest BCUT2D eigenvalue weighted by atomic mass is 79.9. The SMILES string of the molecule is COc1cc([C@H](C)O)c(Br)c(OC)c1OC. The Morgan fingerprint density at radius 2 is 1.69 bits per heavy atom. The molecule has 0 saturated carbocycles. The molecule has 0 unspecified atom stereocenters. The molecule has 0 aliphatic heterocycles. The molecule has 0 aliphatic carbocycles. The van der Waals surface area contributed by atoms with Crippen molar-refractivity contribution in [2.24, 2.45) is 0 Å². The number of rotatable bonds is 4. The van der Waals surface area contributed by atoms with Crippen molar-refractivity contribution in [1.82, 2.24) is 0 Å². The van der Waals surface area contributed by atoms with Crippen LogP contribution in [0.5, 0.6) is 17.2 Å². The predicted molar refractivity (Wildman–Crippen MR) is 64.4 cm³/mol. The molecular weight excluding hydrogens is 276 g/mol. The van der Waals surface area contributed by atoms with Crippen molar-refractivity contribution < 1.29 is 19.3 Å². The zero-order valence-corrected chi connectivity index (χ0v) is 11.3. The van der Waals surface area contributed by atoms with E-state index in [1.807, 2.05) is 0 Å². The van der Waals surface area contributed by atoms with Gasteiger partial charge >= 0.3 is 0 Å². The monoisotopic (exact) mass is 290 g/mol. The molecule has 0 heterocycles. The third-order valence-corrected chi connectivity index (χ3v) is 3.07. The van der Waals surface area contributed by atoms with Gasteiger partial charge in [-0.05, 0) is 28.9 Å². The standard InChI is InChI=1S/C11H15BrO4/c1-6(13)7-5-8(14-2)10(15-3)11(16-4)9(7)12/h5-6,13H,1-4H3/t6-/m0/s1. The van der Waals surface area contributed by atoms with Crippen LogP contribution in [0, 0.1) is 0 Å². The molecule has 0 spiro atoms. The molecule has 0 aliphatic rings. The fourth-order valence-electron chi connectivity index (χ4n) is 1.44. The summed E-state index contributed by atoms with van der Waals surface area (Å²) < 4.78 is 16.3. The van der Waals surface area contributed by atoms with Crippen LogP contribution < -0.4 is 14.2 Å². The maximum Gasteiger partial charge on any atom is 0.204 e. The van der Waals surface area contributed by atoms with Crippen molar-refractivity contribution in [3.8, 4) is 17.2 Å². The van der Waals surface area contributed by atoms with E-state index < -0.39 is 6.10 Å². The highest BCUT2D eigenvalue weighted by molar-refractivity contribution is 9.10. The number of halogens is 1. The van der Waals surface area contributed by atoms with E-state index in [2.05, 4.69) is 15.9 Å². The molecule has 1 atom stereocenters. The van der Waals surface area contributed by atoms with Crippen LogP contribution in [0.15, 0.2) is 10.5 Å². The number of aliphatic hydroxyl groups excluding tert-OH is 1. The second-order valence-corrected chi connectivity index (χ2v) is 4.02. The molecule has 0 fully saturated rings. The largest absolute Gasteiger partial charge is 0.493 e. The molecule has 1 aromatic rings. The lowest BCUT2D eigenvalue weighted by atomic mass is 10.1. The van der Waals surface area contributed by atoms with E-state index in [9.17, 15) is 5.11 Å². The Balaban J connectivity index is 3.48. The van der Waals surface area contributed by atoms with E-state index >= 15 is 0 Å². The van der Waals surface area contributed by atoms with Crippen LogP contribution in [0.4, 0.5) is 0 Å². The topological polar surface area (TPSA) is 47.9 Å². The Kier molecular flexibility index (Phi) is 4.44. The molecule has 0 bridgehead atoms. The molecule has 16 heavy (non-hydrogen) atoms. The van der Waals surface area contributed by atoms with Crippen LogP contribution in [0.2, 0.25) is 0 Å². The van der Waals surface area contributed by atoms with Gasteiger partial charge in [-0.2, -0.15) is 0 Å². The molecule has 0 aromatic heterocycles. The van der Waals surface area contributed by atoms with Crippen LogP contribution in [0.1, 0.15) is 18.6 Å². The van der Waals surface area contributed by atoms with Crippen molar-refractivity contribution in [2.45, 2.75) is 13.0 Å². The number of aliphatic hydroxyl groups is 1. The summed E-state index contributed by atoms with van der Waals surface area (Å²) in [5.74, 6) is 1.54. The van der Waals surface area contributed by atoms with Crippen molar-refractivity contribution in [3.05, 3.63) is 16.1 Å². The smallest absolute Gasteiger partial charge is 0.204 e. The molecular formula is C11H15BrO4. The summed E-state index contributed by atoms with van der Waals surface area (Å²) in [5, 5.41) is 9.63. The zero-order valence-electron chi connectivity index (χ0n) is 9.70. The summed E-state index contributed by atoms with van der Waals surface area (Å²) in [5.41, 5.74) is 0.689. The normalized spacial score (nSPS) is 12.1. The van der Waals surface area contributed by atoms with Crippen LogP contribution in [0.3, 0.4) is 0 Å². The third-order valence-electron chi connectivity index (χ3n) is 2.25. The van der Waals surface area contributed by atoms with Gasteiger partial charge in [0.1, 0.15) is 0 Å². The van der Waals surface area contributed by atoms with Crippen LogP contribution in [-0.2, 0) is 0 Å². The number of hydrogen-bond acceptors (Lipinski definition) is 4. The third kappa shape index (κ3) is 2.25. The first kappa shape index (κ1) is 13.1. The minimum atomic E-state index is -0.622. The van der Waals surface area contributed by atoms with Gasteiger partial charge in [0.25, 0.3) is 0 Å². The van der Waals surface area contributed by atoms with Crippen LogP contribution >= 0.6 is 15.9 Å². The Morgan fingerprint density at radius 3 is 2.06 bits per heavy atom. The van der Waals surface area contributed by atoms with Crippen molar-refractivity contribution in [1.29, 1.82) is 0 Å². The lowest BCUT2D eigenvalue weighted by Crippen LogP contribution is -2.01. The van der Waals surface area contributed by atoms with Crippen LogP contribution in [0.25, 0.3) is 0 Å². The quantitative estimate of drug-likeness (QED) is 0.926. The Bertz CT molecular complexity index is 377. The predicted octanol–water partition coefficient (Wildman–Crippen LogP) is 2.53. The van der Waals surface area contributed by atoms with Gasteiger partial charge in [-0.1, -0.05) is 0 Å². The first-order chi connectivity index (χ1) is 7.56. The van der Waals surface area contributed by atoms with Gasteiger partial charge in [-0.25, -0.2) is 0 Å². The number of methoxy groups -OCH3 is 3.